The Bertz CT molecular complexity index is 870. The fraction of sp³-hybridized carbons (Fsp3) is 0.318. The first-order valence-electron chi connectivity index (χ1n) is 9.31. The number of nitrogens with zero attached hydrogens (tertiary/aromatic N) is 1. The number of hydrogen-bond acceptors (Lipinski definition) is 4. The highest BCUT2D eigenvalue weighted by atomic mass is 16.5. The summed E-state index contributed by atoms with van der Waals surface area (Å²) in [7, 11) is 1.68. The van der Waals surface area contributed by atoms with Crippen LogP contribution in [-0.4, -0.2) is 42.8 Å². The molecule has 0 aliphatic heterocycles. The molecule has 0 heterocycles. The average molecular weight is 397 g/mol. The van der Waals surface area contributed by atoms with Crippen LogP contribution in [0.3, 0.4) is 0 Å². The minimum Gasteiger partial charge on any atom is -0.492 e. The maximum absolute atomic E-state index is 12.8. The lowest BCUT2D eigenvalue weighted by atomic mass is 10.1. The predicted molar refractivity (Wildman–Crippen MR) is 113 cm³/mol. The van der Waals surface area contributed by atoms with E-state index in [1.54, 1.807) is 25.2 Å². The molecule has 0 aromatic heterocycles. The van der Waals surface area contributed by atoms with Crippen molar-refractivity contribution in [3.8, 4) is 5.75 Å². The van der Waals surface area contributed by atoms with Crippen molar-refractivity contribution in [2.45, 2.75) is 27.7 Å². The van der Waals surface area contributed by atoms with Gasteiger partial charge in [0.1, 0.15) is 12.4 Å². The van der Waals surface area contributed by atoms with E-state index in [0.717, 1.165) is 16.9 Å². The van der Waals surface area contributed by atoms with Gasteiger partial charge in [-0.2, -0.15) is 0 Å². The highest BCUT2D eigenvalue weighted by Crippen LogP contribution is 2.21. The highest BCUT2D eigenvalue weighted by molar-refractivity contribution is 5.99. The number of ether oxygens (including phenoxy) is 1. The zero-order chi connectivity index (χ0) is 21.6. The van der Waals surface area contributed by atoms with Crippen LogP contribution < -0.4 is 15.4 Å². The molecule has 2 aromatic rings. The monoisotopic (exact) mass is 397 g/mol. The van der Waals surface area contributed by atoms with E-state index in [2.05, 4.69) is 16.7 Å². The van der Waals surface area contributed by atoms with Crippen LogP contribution in [0, 0.1) is 13.8 Å². The number of amides is 3. The number of carbonyl (C=O) groups is 3. The number of hydrogen-bond donors (Lipinski definition) is 2. The van der Waals surface area contributed by atoms with E-state index < -0.39 is 0 Å². The molecule has 2 aromatic carbocycles. The first kappa shape index (κ1) is 21.9. The minimum atomic E-state index is -0.265. The first-order chi connectivity index (χ1) is 13.6. The number of carbonyl (C=O) groups excluding carboxylic acids is 3. The third-order valence-corrected chi connectivity index (χ3v) is 4.06. The number of aryl methyl sites for hydroxylation is 2. The SMILES string of the molecule is CC(=O)Nc1cc(NC(C)=O)cc(C(=O)N(C)CCOc2cc(C)cc(C)c2)c1. The zero-order valence-corrected chi connectivity index (χ0v) is 17.5. The Balaban J connectivity index is 2.08. The molecule has 0 fully saturated rings. The molecule has 0 aliphatic rings. The van der Waals surface area contributed by atoms with Gasteiger partial charge in [-0.15, -0.1) is 0 Å². The second kappa shape index (κ2) is 9.73. The second-order valence-electron chi connectivity index (χ2n) is 7.06. The van der Waals surface area contributed by atoms with Gasteiger partial charge in [0, 0.05) is 37.8 Å². The number of nitrogens with one attached hydrogen (secondary N) is 2. The molecule has 29 heavy (non-hydrogen) atoms. The lowest BCUT2D eigenvalue weighted by Crippen LogP contribution is -2.31. The van der Waals surface area contributed by atoms with Crippen molar-refractivity contribution in [2.75, 3.05) is 30.8 Å². The van der Waals surface area contributed by atoms with Crippen LogP contribution in [0.25, 0.3) is 0 Å². The molecule has 2 rings (SSSR count). The van der Waals surface area contributed by atoms with Gasteiger partial charge in [-0.3, -0.25) is 14.4 Å². The van der Waals surface area contributed by atoms with E-state index in [0.29, 0.717) is 30.1 Å². The number of likely N-dealkylation sites (N-methyl/N-ethyl adjacent to an activating group) is 1. The Labute approximate surface area is 171 Å². The number of anilines is 2. The van der Waals surface area contributed by atoms with Crippen molar-refractivity contribution in [1.82, 2.24) is 4.90 Å². The van der Waals surface area contributed by atoms with Crippen molar-refractivity contribution < 1.29 is 19.1 Å². The molecule has 0 radical (unpaired) electrons. The molecule has 0 spiro atoms. The Morgan fingerprint density at radius 2 is 1.38 bits per heavy atom. The summed E-state index contributed by atoms with van der Waals surface area (Å²) in [5.41, 5.74) is 3.46. The predicted octanol–water partition coefficient (Wildman–Crippen LogP) is 3.37. The van der Waals surface area contributed by atoms with Crippen molar-refractivity contribution >= 4 is 29.1 Å². The molecular weight excluding hydrogens is 370 g/mol. The quantitative estimate of drug-likeness (QED) is 0.750. The lowest BCUT2D eigenvalue weighted by Gasteiger charge is -2.19. The van der Waals surface area contributed by atoms with E-state index in [1.807, 2.05) is 26.0 Å². The fourth-order valence-electron chi connectivity index (χ4n) is 2.94. The molecule has 0 atom stereocenters. The van der Waals surface area contributed by atoms with Crippen LogP contribution >= 0.6 is 0 Å². The van der Waals surface area contributed by atoms with Crippen molar-refractivity contribution in [1.29, 1.82) is 0 Å². The smallest absolute Gasteiger partial charge is 0.253 e. The van der Waals surface area contributed by atoms with Crippen LogP contribution in [-0.2, 0) is 9.59 Å². The normalized spacial score (nSPS) is 10.2. The maximum atomic E-state index is 12.8. The summed E-state index contributed by atoms with van der Waals surface area (Å²) in [5, 5.41) is 5.28. The van der Waals surface area contributed by atoms with Crippen molar-refractivity contribution in [3.63, 3.8) is 0 Å². The fourth-order valence-corrected chi connectivity index (χ4v) is 2.94. The summed E-state index contributed by atoms with van der Waals surface area (Å²) in [6, 6.07) is 10.7. The van der Waals surface area contributed by atoms with E-state index >= 15 is 0 Å². The zero-order valence-electron chi connectivity index (χ0n) is 17.5. The van der Waals surface area contributed by atoms with E-state index in [4.69, 9.17) is 4.74 Å². The molecule has 7 heteroatoms. The van der Waals surface area contributed by atoms with Gasteiger partial charge in [-0.1, -0.05) is 6.07 Å². The topological polar surface area (TPSA) is 87.7 Å². The minimum absolute atomic E-state index is 0.243. The molecule has 7 nitrogen and oxygen atoms in total. The third-order valence-electron chi connectivity index (χ3n) is 4.06. The van der Waals surface area contributed by atoms with Gasteiger partial charge in [0.25, 0.3) is 5.91 Å². The molecule has 3 amide bonds. The van der Waals surface area contributed by atoms with E-state index in [-0.39, 0.29) is 17.7 Å². The molecular formula is C22H27N3O4. The lowest BCUT2D eigenvalue weighted by molar-refractivity contribution is -0.115. The summed E-state index contributed by atoms with van der Waals surface area (Å²) in [6.45, 7) is 7.49. The first-order valence-corrected chi connectivity index (χ1v) is 9.31. The Morgan fingerprint density at radius 3 is 1.86 bits per heavy atom. The van der Waals surface area contributed by atoms with Gasteiger partial charge in [0.05, 0.1) is 6.54 Å². The van der Waals surface area contributed by atoms with Crippen molar-refractivity contribution in [3.05, 3.63) is 53.1 Å². The highest BCUT2D eigenvalue weighted by Gasteiger charge is 2.15. The van der Waals surface area contributed by atoms with Crippen LogP contribution in [0.15, 0.2) is 36.4 Å². The molecule has 0 bridgehead atoms. The molecule has 154 valence electrons. The van der Waals surface area contributed by atoms with Gasteiger partial charge in [-0.25, -0.2) is 0 Å². The van der Waals surface area contributed by atoms with Gasteiger partial charge in [-0.05, 0) is 55.3 Å². The Morgan fingerprint density at radius 1 is 0.862 bits per heavy atom. The number of rotatable bonds is 7. The van der Waals surface area contributed by atoms with E-state index in [9.17, 15) is 14.4 Å². The molecule has 0 aliphatic carbocycles. The van der Waals surface area contributed by atoms with E-state index in [1.165, 1.54) is 18.7 Å². The second-order valence-corrected chi connectivity index (χ2v) is 7.06. The summed E-state index contributed by atoms with van der Waals surface area (Å²) in [6.07, 6.45) is 0. The third kappa shape index (κ3) is 6.95. The summed E-state index contributed by atoms with van der Waals surface area (Å²) in [4.78, 5) is 37.1. The van der Waals surface area contributed by atoms with Crippen LogP contribution in [0.5, 0.6) is 5.75 Å². The maximum Gasteiger partial charge on any atom is 0.253 e. The molecule has 2 N–H and O–H groups in total. The molecule has 0 saturated carbocycles. The van der Waals surface area contributed by atoms with Gasteiger partial charge in [0.15, 0.2) is 0 Å². The van der Waals surface area contributed by atoms with Gasteiger partial charge >= 0.3 is 0 Å². The standard InChI is InChI=1S/C22H27N3O4/c1-14-8-15(2)10-21(9-14)29-7-6-25(5)22(28)18-11-19(23-16(3)26)13-20(12-18)24-17(4)27/h8-13H,6-7H2,1-5H3,(H,23,26)(H,24,27). The van der Waals surface area contributed by atoms with Crippen molar-refractivity contribution in [2.24, 2.45) is 0 Å². The van der Waals surface area contributed by atoms with Gasteiger partial charge in [0.2, 0.25) is 11.8 Å². The van der Waals surface area contributed by atoms with Crippen LogP contribution in [0.1, 0.15) is 35.3 Å². The average Bonchev–Trinajstić information content (AvgIpc) is 2.58. The summed E-state index contributed by atoms with van der Waals surface area (Å²) >= 11 is 0. The largest absolute Gasteiger partial charge is 0.492 e. The van der Waals surface area contributed by atoms with Crippen LogP contribution in [0.4, 0.5) is 11.4 Å². The van der Waals surface area contributed by atoms with Gasteiger partial charge < -0.3 is 20.3 Å². The number of benzene rings is 2. The van der Waals surface area contributed by atoms with Crippen LogP contribution in [0.2, 0.25) is 0 Å². The Hall–Kier alpha value is -3.35. The summed E-state index contributed by atoms with van der Waals surface area (Å²) in [5.74, 6) is -0.00562. The summed E-state index contributed by atoms with van der Waals surface area (Å²) < 4.78 is 5.77. The molecule has 0 saturated heterocycles. The Kier molecular flexibility index (Phi) is 7.36. The molecule has 0 unspecified atom stereocenters.